The van der Waals surface area contributed by atoms with Crippen LogP contribution in [-0.4, -0.2) is 10.1 Å². The molecule has 1 aromatic carbocycles. The molecule has 0 saturated heterocycles. The smallest absolute Gasteiger partial charge is 0.160 e. The van der Waals surface area contributed by atoms with Crippen molar-refractivity contribution in [2.75, 3.05) is 0 Å². The Bertz CT molecular complexity index is 798. The van der Waals surface area contributed by atoms with Gasteiger partial charge in [-0.2, -0.15) is 0 Å². The minimum absolute atomic E-state index is 0.0233. The molecule has 0 amide bonds. The molecule has 2 heterocycles. The lowest BCUT2D eigenvalue weighted by Crippen LogP contribution is -1.93. The van der Waals surface area contributed by atoms with E-state index in [1.165, 1.54) is 12.1 Å². The molecule has 0 spiro atoms. The molecule has 1 N–H and O–H groups in total. The fraction of sp³-hybridized carbons (Fsp3) is 0.133. The van der Waals surface area contributed by atoms with Crippen LogP contribution in [0.2, 0.25) is 5.02 Å². The van der Waals surface area contributed by atoms with Gasteiger partial charge in [0.2, 0.25) is 0 Å². The number of rotatable bonds is 2. The molecule has 0 unspecified atom stereocenters. The molecule has 0 bridgehead atoms. The Morgan fingerprint density at radius 1 is 1.30 bits per heavy atom. The Labute approximate surface area is 119 Å². The maximum absolute atomic E-state index is 13.3. The molecule has 0 saturated carbocycles. The second-order valence-corrected chi connectivity index (χ2v) is 4.93. The van der Waals surface area contributed by atoms with E-state index in [0.29, 0.717) is 22.5 Å². The topological polar surface area (TPSA) is 46.3 Å². The molecule has 20 heavy (non-hydrogen) atoms. The van der Waals surface area contributed by atoms with Crippen molar-refractivity contribution in [1.82, 2.24) is 4.98 Å². The van der Waals surface area contributed by atoms with Gasteiger partial charge in [-0.05, 0) is 37.3 Å². The largest absolute Gasteiger partial charge is 0.459 e. The Balaban J connectivity index is 2.30. The third-order valence-corrected chi connectivity index (χ3v) is 3.32. The summed E-state index contributed by atoms with van der Waals surface area (Å²) in [5.41, 5.74) is 2.31. The summed E-state index contributed by atoms with van der Waals surface area (Å²) in [6.07, 6.45) is 0. The van der Waals surface area contributed by atoms with Crippen molar-refractivity contribution in [2.24, 2.45) is 0 Å². The number of hydrogen-bond acceptors (Lipinski definition) is 3. The number of fused-ring (bicyclic) bond motifs is 1. The number of nitrogens with zero attached hydrogens (tertiary/aromatic N) is 1. The zero-order valence-corrected chi connectivity index (χ0v) is 11.4. The average Bonchev–Trinajstić information content (AvgIpc) is 2.80. The standard InChI is InChI=1S/C15H11ClFNO2/c1-8-4-10-5-11(7-19)18-14(15(10)20-8)9-2-3-13(17)12(16)6-9/h2-6,19H,7H2,1H3. The van der Waals surface area contributed by atoms with E-state index in [9.17, 15) is 9.50 Å². The third-order valence-electron chi connectivity index (χ3n) is 3.03. The molecule has 3 aromatic rings. The lowest BCUT2D eigenvalue weighted by atomic mass is 10.1. The quantitative estimate of drug-likeness (QED) is 0.773. The van der Waals surface area contributed by atoms with Crippen LogP contribution in [-0.2, 0) is 6.61 Å². The van der Waals surface area contributed by atoms with E-state index in [1.54, 1.807) is 12.1 Å². The summed E-state index contributed by atoms with van der Waals surface area (Å²) in [6, 6.07) is 8.00. The molecule has 0 aliphatic carbocycles. The highest BCUT2D eigenvalue weighted by Crippen LogP contribution is 2.32. The van der Waals surface area contributed by atoms with Crippen LogP contribution >= 0.6 is 11.6 Å². The molecule has 0 atom stereocenters. The van der Waals surface area contributed by atoms with Gasteiger partial charge in [-0.1, -0.05) is 11.6 Å². The van der Waals surface area contributed by atoms with E-state index in [-0.39, 0.29) is 11.6 Å². The number of aliphatic hydroxyl groups is 1. The summed E-state index contributed by atoms with van der Waals surface area (Å²) >= 11 is 5.81. The molecule has 3 nitrogen and oxygen atoms in total. The highest BCUT2D eigenvalue weighted by Gasteiger charge is 2.13. The average molecular weight is 292 g/mol. The van der Waals surface area contributed by atoms with Crippen LogP contribution in [0.3, 0.4) is 0 Å². The Morgan fingerprint density at radius 2 is 2.10 bits per heavy atom. The van der Waals surface area contributed by atoms with Gasteiger partial charge in [0, 0.05) is 10.9 Å². The molecule has 102 valence electrons. The van der Waals surface area contributed by atoms with Crippen LogP contribution in [0.25, 0.3) is 22.2 Å². The Hall–Kier alpha value is -1.91. The minimum atomic E-state index is -0.486. The van der Waals surface area contributed by atoms with E-state index in [1.807, 2.05) is 13.0 Å². The van der Waals surface area contributed by atoms with E-state index < -0.39 is 5.82 Å². The first-order chi connectivity index (χ1) is 9.58. The van der Waals surface area contributed by atoms with Gasteiger partial charge in [-0.25, -0.2) is 9.37 Å². The Morgan fingerprint density at radius 3 is 2.80 bits per heavy atom. The molecule has 0 aliphatic rings. The molecule has 0 fully saturated rings. The second kappa shape index (κ2) is 4.89. The monoisotopic (exact) mass is 291 g/mol. The molecular weight excluding hydrogens is 281 g/mol. The van der Waals surface area contributed by atoms with Crippen molar-refractivity contribution in [1.29, 1.82) is 0 Å². The van der Waals surface area contributed by atoms with Crippen molar-refractivity contribution in [3.8, 4) is 11.3 Å². The number of aryl methyl sites for hydroxylation is 1. The van der Waals surface area contributed by atoms with Gasteiger partial charge in [0.25, 0.3) is 0 Å². The predicted octanol–water partition coefficient (Wildman–Crippen LogP) is 4.09. The van der Waals surface area contributed by atoms with E-state index in [2.05, 4.69) is 4.98 Å². The van der Waals surface area contributed by atoms with Gasteiger partial charge in [-0.15, -0.1) is 0 Å². The van der Waals surface area contributed by atoms with Gasteiger partial charge < -0.3 is 9.52 Å². The summed E-state index contributed by atoms with van der Waals surface area (Å²) in [5.74, 6) is 0.256. The number of pyridine rings is 1. The highest BCUT2D eigenvalue weighted by atomic mass is 35.5. The van der Waals surface area contributed by atoms with Crippen LogP contribution in [0.5, 0.6) is 0 Å². The fourth-order valence-corrected chi connectivity index (χ4v) is 2.33. The molecule has 5 heteroatoms. The number of furan rings is 1. The molecular formula is C15H11ClFNO2. The zero-order valence-electron chi connectivity index (χ0n) is 10.7. The van der Waals surface area contributed by atoms with Crippen LogP contribution in [0, 0.1) is 12.7 Å². The van der Waals surface area contributed by atoms with Crippen LogP contribution in [0.15, 0.2) is 34.7 Å². The summed E-state index contributed by atoms with van der Waals surface area (Å²) in [7, 11) is 0. The normalized spacial score (nSPS) is 11.2. The summed E-state index contributed by atoms with van der Waals surface area (Å²) < 4.78 is 18.9. The van der Waals surface area contributed by atoms with Gasteiger partial charge in [0.05, 0.1) is 17.3 Å². The number of benzene rings is 1. The summed E-state index contributed by atoms with van der Waals surface area (Å²) in [4.78, 5) is 4.35. The van der Waals surface area contributed by atoms with Crippen LogP contribution in [0.4, 0.5) is 4.39 Å². The SMILES string of the molecule is Cc1cc2cc(CO)nc(-c3ccc(F)c(Cl)c3)c2o1. The van der Waals surface area contributed by atoms with E-state index >= 15 is 0 Å². The first-order valence-corrected chi connectivity index (χ1v) is 6.42. The maximum Gasteiger partial charge on any atom is 0.160 e. The van der Waals surface area contributed by atoms with Crippen LogP contribution < -0.4 is 0 Å². The van der Waals surface area contributed by atoms with Crippen molar-refractivity contribution < 1.29 is 13.9 Å². The molecule has 3 rings (SSSR count). The van der Waals surface area contributed by atoms with Crippen LogP contribution in [0.1, 0.15) is 11.5 Å². The molecule has 2 aromatic heterocycles. The number of hydrogen-bond donors (Lipinski definition) is 1. The van der Waals surface area contributed by atoms with Gasteiger partial charge in [-0.3, -0.25) is 0 Å². The third kappa shape index (κ3) is 2.17. The highest BCUT2D eigenvalue weighted by molar-refractivity contribution is 6.31. The van der Waals surface area contributed by atoms with Crippen molar-refractivity contribution >= 4 is 22.6 Å². The van der Waals surface area contributed by atoms with Gasteiger partial charge in [0.15, 0.2) is 5.58 Å². The number of halogens is 2. The van der Waals surface area contributed by atoms with Crippen molar-refractivity contribution in [3.05, 3.63) is 52.6 Å². The fourth-order valence-electron chi connectivity index (χ4n) is 2.15. The first kappa shape index (κ1) is 13.1. The van der Waals surface area contributed by atoms with E-state index in [0.717, 1.165) is 11.1 Å². The number of aliphatic hydroxyl groups excluding tert-OH is 1. The minimum Gasteiger partial charge on any atom is -0.459 e. The lowest BCUT2D eigenvalue weighted by Gasteiger charge is -2.05. The van der Waals surface area contributed by atoms with Gasteiger partial charge in [0.1, 0.15) is 17.3 Å². The van der Waals surface area contributed by atoms with E-state index in [4.69, 9.17) is 16.0 Å². The maximum atomic E-state index is 13.3. The van der Waals surface area contributed by atoms with Crippen molar-refractivity contribution in [2.45, 2.75) is 13.5 Å². The predicted molar refractivity (Wildman–Crippen MR) is 75.1 cm³/mol. The van der Waals surface area contributed by atoms with Crippen molar-refractivity contribution in [3.63, 3.8) is 0 Å². The first-order valence-electron chi connectivity index (χ1n) is 6.05. The Kier molecular flexibility index (Phi) is 3.20. The molecule has 0 radical (unpaired) electrons. The number of aromatic nitrogens is 1. The lowest BCUT2D eigenvalue weighted by molar-refractivity contribution is 0.277. The molecule has 0 aliphatic heterocycles. The summed E-state index contributed by atoms with van der Waals surface area (Å²) in [6.45, 7) is 1.65. The summed E-state index contributed by atoms with van der Waals surface area (Å²) in [5, 5.41) is 10.2. The zero-order chi connectivity index (χ0) is 14.3. The van der Waals surface area contributed by atoms with Gasteiger partial charge >= 0.3 is 0 Å². The second-order valence-electron chi connectivity index (χ2n) is 4.52.